The van der Waals surface area contributed by atoms with Crippen LogP contribution in [0, 0.1) is 6.92 Å². The number of hydrogen-bond donors (Lipinski definition) is 1. The van der Waals surface area contributed by atoms with E-state index in [9.17, 15) is 9.90 Å². The highest BCUT2D eigenvalue weighted by atomic mass is 35.5. The third-order valence-electron chi connectivity index (χ3n) is 2.72. The number of aromatic carboxylic acids is 1. The van der Waals surface area contributed by atoms with Crippen LogP contribution in [0.15, 0.2) is 30.5 Å². The lowest BCUT2D eigenvalue weighted by Gasteiger charge is -2.12. The molecule has 0 radical (unpaired) electrons. The summed E-state index contributed by atoms with van der Waals surface area (Å²) in [4.78, 5) is 15.3. The van der Waals surface area contributed by atoms with Crippen molar-refractivity contribution in [3.8, 4) is 16.9 Å². The molecule has 0 aliphatic heterocycles. The molecule has 0 saturated carbocycles. The molecule has 0 amide bonds. The average molecular weight is 278 g/mol. The monoisotopic (exact) mass is 277 g/mol. The van der Waals surface area contributed by atoms with E-state index in [4.69, 9.17) is 16.3 Å². The van der Waals surface area contributed by atoms with Gasteiger partial charge in [0.15, 0.2) is 0 Å². The largest absolute Gasteiger partial charge is 0.496 e. The molecule has 0 aliphatic carbocycles. The second-order valence-corrected chi connectivity index (χ2v) is 4.46. The van der Waals surface area contributed by atoms with Gasteiger partial charge in [0, 0.05) is 28.0 Å². The molecule has 19 heavy (non-hydrogen) atoms. The molecule has 1 aromatic heterocycles. The van der Waals surface area contributed by atoms with E-state index in [2.05, 4.69) is 4.98 Å². The number of aryl methyl sites for hydroxylation is 1. The topological polar surface area (TPSA) is 59.4 Å². The van der Waals surface area contributed by atoms with Gasteiger partial charge in [-0.05, 0) is 31.2 Å². The minimum atomic E-state index is -1.04. The van der Waals surface area contributed by atoms with Crippen molar-refractivity contribution in [3.63, 3.8) is 0 Å². The first-order valence-corrected chi connectivity index (χ1v) is 5.94. The number of carboxylic acids is 1. The van der Waals surface area contributed by atoms with E-state index >= 15 is 0 Å². The molecule has 5 heteroatoms. The molecule has 1 N–H and O–H groups in total. The smallest absolute Gasteiger partial charge is 0.337 e. The Labute approximate surface area is 115 Å². The molecule has 4 nitrogen and oxygen atoms in total. The van der Waals surface area contributed by atoms with Gasteiger partial charge in [0.05, 0.1) is 12.7 Å². The number of halogens is 1. The summed E-state index contributed by atoms with van der Waals surface area (Å²) in [7, 11) is 1.53. The molecule has 2 rings (SSSR count). The number of carboxylic acid groups (broad SMARTS) is 1. The van der Waals surface area contributed by atoms with E-state index in [1.807, 2.05) is 0 Å². The first-order valence-electron chi connectivity index (χ1n) is 5.56. The highest BCUT2D eigenvalue weighted by Gasteiger charge is 2.16. The fourth-order valence-corrected chi connectivity index (χ4v) is 2.02. The number of benzene rings is 1. The van der Waals surface area contributed by atoms with Gasteiger partial charge in [-0.25, -0.2) is 4.79 Å². The summed E-state index contributed by atoms with van der Waals surface area (Å²) < 4.78 is 5.26. The lowest BCUT2D eigenvalue weighted by molar-refractivity contribution is 0.0697. The number of pyridine rings is 1. The van der Waals surface area contributed by atoms with Crippen LogP contribution in [0.5, 0.6) is 5.75 Å². The van der Waals surface area contributed by atoms with Crippen LogP contribution < -0.4 is 4.74 Å². The lowest BCUT2D eigenvalue weighted by Crippen LogP contribution is -2.02. The SMILES string of the molecule is COc1ccc(Cl)cc1-c1cc(C)ncc1C(=O)O. The van der Waals surface area contributed by atoms with Crippen molar-refractivity contribution in [1.29, 1.82) is 0 Å². The number of nitrogens with zero attached hydrogens (tertiary/aromatic N) is 1. The standard InChI is InChI=1S/C14H12ClNO3/c1-8-5-10(12(7-16-8)14(17)18)11-6-9(15)3-4-13(11)19-2/h3-7H,1-2H3,(H,17,18). The van der Waals surface area contributed by atoms with Gasteiger partial charge in [-0.2, -0.15) is 0 Å². The molecule has 0 aliphatic rings. The van der Waals surface area contributed by atoms with Crippen molar-refractivity contribution in [2.24, 2.45) is 0 Å². The Morgan fingerprint density at radius 3 is 2.68 bits per heavy atom. The van der Waals surface area contributed by atoms with Crippen LogP contribution in [0.25, 0.3) is 11.1 Å². The number of hydrogen-bond acceptors (Lipinski definition) is 3. The summed E-state index contributed by atoms with van der Waals surface area (Å²) in [5, 5.41) is 9.75. The normalized spacial score (nSPS) is 10.3. The zero-order valence-electron chi connectivity index (χ0n) is 10.5. The summed E-state index contributed by atoms with van der Waals surface area (Å²) in [5.41, 5.74) is 2.02. The predicted octanol–water partition coefficient (Wildman–Crippen LogP) is 3.42. The summed E-state index contributed by atoms with van der Waals surface area (Å²) in [6.07, 6.45) is 1.34. The molecule has 0 atom stereocenters. The van der Waals surface area contributed by atoms with E-state index in [1.165, 1.54) is 13.3 Å². The van der Waals surface area contributed by atoms with Crippen LogP contribution in [-0.2, 0) is 0 Å². The van der Waals surface area contributed by atoms with E-state index in [-0.39, 0.29) is 5.56 Å². The molecule has 2 aromatic rings. The van der Waals surface area contributed by atoms with Gasteiger partial charge in [-0.15, -0.1) is 0 Å². The fourth-order valence-electron chi connectivity index (χ4n) is 1.84. The Morgan fingerprint density at radius 1 is 1.32 bits per heavy atom. The van der Waals surface area contributed by atoms with Crippen LogP contribution >= 0.6 is 11.6 Å². The fraction of sp³-hybridized carbons (Fsp3) is 0.143. The molecule has 0 saturated heterocycles. The summed E-state index contributed by atoms with van der Waals surface area (Å²) in [6.45, 7) is 1.80. The molecule has 0 spiro atoms. The Morgan fingerprint density at radius 2 is 2.05 bits per heavy atom. The van der Waals surface area contributed by atoms with E-state index in [0.717, 1.165) is 5.69 Å². The number of ether oxygens (including phenoxy) is 1. The van der Waals surface area contributed by atoms with Gasteiger partial charge in [0.1, 0.15) is 5.75 Å². The highest BCUT2D eigenvalue weighted by molar-refractivity contribution is 6.31. The molecule has 0 fully saturated rings. The Bertz CT molecular complexity index is 641. The second kappa shape index (κ2) is 5.28. The highest BCUT2D eigenvalue weighted by Crippen LogP contribution is 2.34. The minimum Gasteiger partial charge on any atom is -0.496 e. The molecule has 98 valence electrons. The van der Waals surface area contributed by atoms with Crippen LogP contribution in [-0.4, -0.2) is 23.2 Å². The maximum absolute atomic E-state index is 11.3. The molecule has 0 unspecified atom stereocenters. The molecular formula is C14H12ClNO3. The first-order chi connectivity index (χ1) is 9.02. The third-order valence-corrected chi connectivity index (χ3v) is 2.96. The van der Waals surface area contributed by atoms with Crippen molar-refractivity contribution >= 4 is 17.6 Å². The zero-order chi connectivity index (χ0) is 14.0. The zero-order valence-corrected chi connectivity index (χ0v) is 11.2. The van der Waals surface area contributed by atoms with Gasteiger partial charge in [-0.1, -0.05) is 11.6 Å². The van der Waals surface area contributed by atoms with Gasteiger partial charge < -0.3 is 9.84 Å². The minimum absolute atomic E-state index is 0.117. The lowest BCUT2D eigenvalue weighted by atomic mass is 10.00. The maximum atomic E-state index is 11.3. The summed E-state index contributed by atoms with van der Waals surface area (Å²) in [6, 6.07) is 6.79. The molecule has 1 heterocycles. The van der Waals surface area contributed by atoms with Crippen molar-refractivity contribution in [3.05, 3.63) is 46.7 Å². The Hall–Kier alpha value is -2.07. The van der Waals surface area contributed by atoms with E-state index in [1.54, 1.807) is 31.2 Å². The number of rotatable bonds is 3. The first kappa shape index (κ1) is 13.4. The van der Waals surface area contributed by atoms with E-state index < -0.39 is 5.97 Å². The third kappa shape index (κ3) is 2.69. The predicted molar refractivity (Wildman–Crippen MR) is 72.9 cm³/mol. The number of carbonyl (C=O) groups is 1. The number of methoxy groups -OCH3 is 1. The van der Waals surface area contributed by atoms with E-state index in [0.29, 0.717) is 21.9 Å². The maximum Gasteiger partial charge on any atom is 0.337 e. The molecule has 0 bridgehead atoms. The van der Waals surface area contributed by atoms with Crippen LogP contribution in [0.2, 0.25) is 5.02 Å². The van der Waals surface area contributed by atoms with Gasteiger partial charge in [0.2, 0.25) is 0 Å². The van der Waals surface area contributed by atoms with Gasteiger partial charge >= 0.3 is 5.97 Å². The quantitative estimate of drug-likeness (QED) is 0.934. The number of aromatic nitrogens is 1. The van der Waals surface area contributed by atoms with Crippen molar-refractivity contribution in [2.45, 2.75) is 6.92 Å². The van der Waals surface area contributed by atoms with Gasteiger partial charge in [-0.3, -0.25) is 4.98 Å². The van der Waals surface area contributed by atoms with Crippen molar-refractivity contribution in [1.82, 2.24) is 4.98 Å². The molecular weight excluding hydrogens is 266 g/mol. The van der Waals surface area contributed by atoms with Crippen LogP contribution in [0.3, 0.4) is 0 Å². The van der Waals surface area contributed by atoms with Crippen LogP contribution in [0.4, 0.5) is 0 Å². The van der Waals surface area contributed by atoms with Gasteiger partial charge in [0.25, 0.3) is 0 Å². The van der Waals surface area contributed by atoms with Crippen molar-refractivity contribution in [2.75, 3.05) is 7.11 Å². The second-order valence-electron chi connectivity index (χ2n) is 4.02. The summed E-state index contributed by atoms with van der Waals surface area (Å²) >= 11 is 5.98. The Balaban J connectivity index is 2.73. The average Bonchev–Trinajstić information content (AvgIpc) is 2.38. The Kier molecular flexibility index (Phi) is 3.71. The van der Waals surface area contributed by atoms with Crippen molar-refractivity contribution < 1.29 is 14.6 Å². The summed E-state index contributed by atoms with van der Waals surface area (Å²) in [5.74, 6) is -0.470. The molecule has 1 aromatic carbocycles. The van der Waals surface area contributed by atoms with Crippen LogP contribution in [0.1, 0.15) is 16.1 Å².